The zero-order valence-electron chi connectivity index (χ0n) is 16.9. The molecule has 9 heteroatoms. The highest BCUT2D eigenvalue weighted by Gasteiger charge is 2.25. The fourth-order valence-electron chi connectivity index (χ4n) is 3.53. The first-order chi connectivity index (χ1) is 15.0. The number of aromatic nitrogens is 2. The molecule has 4 nitrogen and oxygen atoms in total. The lowest BCUT2D eigenvalue weighted by Crippen LogP contribution is -2.36. The summed E-state index contributed by atoms with van der Waals surface area (Å²) in [7, 11) is 2.00. The van der Waals surface area contributed by atoms with Gasteiger partial charge >= 0.3 is 0 Å². The van der Waals surface area contributed by atoms with Crippen molar-refractivity contribution >= 4 is 74.2 Å². The van der Waals surface area contributed by atoms with Crippen LogP contribution in [0.1, 0.15) is 17.5 Å². The van der Waals surface area contributed by atoms with Crippen LogP contribution < -0.4 is 24.2 Å². The molecule has 0 bridgehead atoms. The summed E-state index contributed by atoms with van der Waals surface area (Å²) < 4.78 is 5.85. The molecule has 4 heterocycles. The maximum atomic E-state index is 13.3. The van der Waals surface area contributed by atoms with E-state index in [1.165, 1.54) is 5.56 Å². The van der Waals surface area contributed by atoms with Crippen LogP contribution in [0, 0.1) is 0 Å². The molecule has 0 atom stereocenters. The summed E-state index contributed by atoms with van der Waals surface area (Å²) in [6, 6.07) is 8.02. The van der Waals surface area contributed by atoms with Gasteiger partial charge in [0.25, 0.3) is 10.6 Å². The molecule has 5 rings (SSSR count). The van der Waals surface area contributed by atoms with Gasteiger partial charge in [0.15, 0.2) is 12.7 Å². The lowest BCUT2D eigenvalue weighted by molar-refractivity contribution is -0.685. The van der Waals surface area contributed by atoms with Crippen molar-refractivity contribution in [3.63, 3.8) is 0 Å². The van der Waals surface area contributed by atoms with E-state index >= 15 is 0 Å². The van der Waals surface area contributed by atoms with Gasteiger partial charge in [-0.1, -0.05) is 34.7 Å². The highest BCUT2D eigenvalue weighted by atomic mass is 35.5. The number of nitrogens with zero attached hydrogens (tertiary/aromatic N) is 3. The number of hydrogen-bond donors (Lipinski definition) is 0. The van der Waals surface area contributed by atoms with Gasteiger partial charge in [-0.3, -0.25) is 9.36 Å². The van der Waals surface area contributed by atoms with Crippen molar-refractivity contribution in [1.29, 1.82) is 0 Å². The van der Waals surface area contributed by atoms with E-state index in [1.54, 1.807) is 45.8 Å². The molecule has 0 amide bonds. The molecular weight excluding hydrogens is 486 g/mol. The summed E-state index contributed by atoms with van der Waals surface area (Å²) in [5.74, 6) is 0. The molecule has 0 saturated carbocycles. The number of anilines is 1. The van der Waals surface area contributed by atoms with E-state index in [4.69, 9.17) is 11.6 Å². The Kier molecular flexibility index (Phi) is 5.83. The molecule has 0 spiro atoms. The number of benzene rings is 1. The first-order valence-corrected chi connectivity index (χ1v) is 13.5. The van der Waals surface area contributed by atoms with Gasteiger partial charge in [-0.05, 0) is 36.6 Å². The van der Waals surface area contributed by atoms with Crippen molar-refractivity contribution in [1.82, 2.24) is 4.57 Å². The molecule has 0 N–H and O–H groups in total. The average molecular weight is 505 g/mol. The van der Waals surface area contributed by atoms with Gasteiger partial charge in [0.1, 0.15) is 14.2 Å². The van der Waals surface area contributed by atoms with Gasteiger partial charge in [0.2, 0.25) is 0 Å². The third kappa shape index (κ3) is 3.91. The monoisotopic (exact) mass is 504 g/mol. The predicted molar refractivity (Wildman–Crippen MR) is 134 cm³/mol. The summed E-state index contributed by atoms with van der Waals surface area (Å²) in [6.45, 7) is 3.49. The van der Waals surface area contributed by atoms with Crippen LogP contribution in [0.5, 0.6) is 0 Å². The lowest BCUT2D eigenvalue weighted by Gasteiger charge is -2.12. The fraction of sp³-hybridized carbons (Fsp3) is 0.182. The molecule has 31 heavy (non-hydrogen) atoms. The minimum absolute atomic E-state index is 0.0629. The molecule has 4 aromatic rings. The zero-order chi connectivity index (χ0) is 21.5. The Morgan fingerprint density at radius 2 is 2.10 bits per heavy atom. The molecule has 0 unspecified atom stereocenters. The largest absolute Gasteiger partial charge is 0.337 e. The first kappa shape index (κ1) is 21.0. The highest BCUT2D eigenvalue weighted by Crippen LogP contribution is 2.46. The van der Waals surface area contributed by atoms with E-state index in [1.807, 2.05) is 36.7 Å². The third-order valence-electron chi connectivity index (χ3n) is 5.11. The summed E-state index contributed by atoms with van der Waals surface area (Å²) >= 11 is 12.8. The number of hydrogen-bond acceptors (Lipinski definition) is 6. The van der Waals surface area contributed by atoms with E-state index < -0.39 is 0 Å². The van der Waals surface area contributed by atoms with Crippen molar-refractivity contribution in [3.8, 4) is 0 Å². The van der Waals surface area contributed by atoms with Crippen molar-refractivity contribution in [2.75, 3.05) is 11.9 Å². The van der Waals surface area contributed by atoms with Crippen LogP contribution in [-0.4, -0.2) is 11.6 Å². The standard InChI is InChI=1S/C22H19ClN3OS4/c1-3-26-19(11-18-25(7-9-29-18)12-14-6-8-28-13-14)31-20(21(26)27)22-24(2)16-10-15(23)4-5-17(16)30-22/h4-11,13H,3,12H2,1-2H3/q+1/b22-20+. The third-order valence-corrected chi connectivity index (χ3v) is 9.41. The van der Waals surface area contributed by atoms with Crippen LogP contribution in [0.2, 0.25) is 5.02 Å². The minimum Gasteiger partial charge on any atom is -0.337 e. The normalized spacial score (nSPS) is 15.7. The van der Waals surface area contributed by atoms with E-state index in [-0.39, 0.29) is 5.56 Å². The molecule has 1 aliphatic heterocycles. The summed E-state index contributed by atoms with van der Waals surface area (Å²) in [6.07, 6.45) is 4.24. The van der Waals surface area contributed by atoms with E-state index in [2.05, 4.69) is 43.9 Å². The van der Waals surface area contributed by atoms with Crippen molar-refractivity contribution < 1.29 is 4.57 Å². The number of fused-ring (bicyclic) bond motifs is 1. The second kappa shape index (κ2) is 8.60. The Morgan fingerprint density at radius 1 is 1.23 bits per heavy atom. The van der Waals surface area contributed by atoms with Gasteiger partial charge in [-0.15, -0.1) is 11.3 Å². The second-order valence-corrected chi connectivity index (χ2v) is 11.2. The van der Waals surface area contributed by atoms with Crippen molar-refractivity contribution in [3.05, 3.63) is 81.7 Å². The van der Waals surface area contributed by atoms with Crippen LogP contribution in [-0.2, 0) is 13.1 Å². The number of halogens is 1. The first-order valence-electron chi connectivity index (χ1n) is 9.70. The van der Waals surface area contributed by atoms with Crippen molar-refractivity contribution in [2.24, 2.45) is 0 Å². The molecule has 0 radical (unpaired) electrons. The molecule has 158 valence electrons. The number of rotatable bonds is 4. The maximum absolute atomic E-state index is 13.3. The molecule has 0 aliphatic carbocycles. The van der Waals surface area contributed by atoms with E-state index in [0.717, 1.165) is 36.4 Å². The van der Waals surface area contributed by atoms with Gasteiger partial charge in [0, 0.05) is 34.5 Å². The Bertz CT molecular complexity index is 1430. The summed E-state index contributed by atoms with van der Waals surface area (Å²) in [4.78, 5) is 16.5. The van der Waals surface area contributed by atoms with E-state index in [9.17, 15) is 4.79 Å². The maximum Gasteiger partial charge on any atom is 0.271 e. The molecule has 0 saturated heterocycles. The fourth-order valence-corrected chi connectivity index (χ4v) is 7.66. The molecule has 1 aliphatic rings. The van der Waals surface area contributed by atoms with Gasteiger partial charge in [-0.2, -0.15) is 15.9 Å². The smallest absolute Gasteiger partial charge is 0.271 e. The average Bonchev–Trinajstić information content (AvgIpc) is 3.53. The molecular formula is C22H19ClN3OS4+. The molecule has 1 aromatic carbocycles. The van der Waals surface area contributed by atoms with Crippen LogP contribution in [0.15, 0.2) is 56.3 Å². The molecule has 3 aromatic heterocycles. The second-order valence-electron chi connectivity index (χ2n) is 7.04. The SMILES string of the molecule is CCn1c(=O)/c(=C2\Sc3ccc(Cl)cc3N2C)s/c1=C\c1scc[n+]1Cc1ccsc1. The van der Waals surface area contributed by atoms with Crippen LogP contribution >= 0.6 is 57.4 Å². The quantitative estimate of drug-likeness (QED) is 0.390. The number of thiophene rings is 1. The van der Waals surface area contributed by atoms with E-state index in [0.29, 0.717) is 11.6 Å². The van der Waals surface area contributed by atoms with Crippen LogP contribution in [0.4, 0.5) is 5.69 Å². The number of thiazole rings is 2. The number of thioether (sulfide) groups is 1. The van der Waals surface area contributed by atoms with Crippen LogP contribution in [0.3, 0.4) is 0 Å². The summed E-state index contributed by atoms with van der Waals surface area (Å²) in [5.41, 5.74) is 2.40. The predicted octanol–water partition coefficient (Wildman–Crippen LogP) is 4.18. The Balaban J connectivity index is 1.63. The topological polar surface area (TPSA) is 29.1 Å². The minimum atomic E-state index is 0.0629. The van der Waals surface area contributed by atoms with Gasteiger partial charge in [-0.25, -0.2) is 0 Å². The highest BCUT2D eigenvalue weighted by molar-refractivity contribution is 8.08. The van der Waals surface area contributed by atoms with Crippen LogP contribution in [0.25, 0.3) is 11.1 Å². The zero-order valence-corrected chi connectivity index (χ0v) is 20.9. The Hall–Kier alpha value is -1.84. The lowest BCUT2D eigenvalue weighted by atomic mass is 10.3. The Morgan fingerprint density at radius 3 is 2.87 bits per heavy atom. The van der Waals surface area contributed by atoms with Gasteiger partial charge < -0.3 is 4.90 Å². The Labute approximate surface area is 201 Å². The summed E-state index contributed by atoms with van der Waals surface area (Å²) in [5, 5.41) is 9.17. The van der Waals surface area contributed by atoms with Crippen molar-refractivity contribution in [2.45, 2.75) is 24.9 Å². The molecule has 0 fully saturated rings. The van der Waals surface area contributed by atoms with Gasteiger partial charge in [0.05, 0.1) is 17.1 Å².